The fourth-order valence-electron chi connectivity index (χ4n) is 2.05. The van der Waals surface area contributed by atoms with Crippen molar-refractivity contribution in [2.24, 2.45) is 0 Å². The number of hydrogen-bond acceptors (Lipinski definition) is 3. The number of para-hydroxylation sites is 1. The lowest BCUT2D eigenvalue weighted by molar-refractivity contribution is 0.0986. The largest absolute Gasteiger partial charge is 0.457 e. The van der Waals surface area contributed by atoms with Gasteiger partial charge in [0.25, 0.3) is 0 Å². The molecule has 0 radical (unpaired) electrons. The molecule has 3 heteroatoms. The van der Waals surface area contributed by atoms with Gasteiger partial charge in [0.05, 0.1) is 12.2 Å². The molecule has 0 heterocycles. The molecule has 3 nitrogen and oxygen atoms in total. The second kappa shape index (κ2) is 7.60. The van der Waals surface area contributed by atoms with Crippen LogP contribution in [0.25, 0.3) is 0 Å². The Morgan fingerprint density at radius 3 is 2.43 bits per heavy atom. The summed E-state index contributed by atoms with van der Waals surface area (Å²) in [6, 6.07) is 15.2. The Morgan fingerprint density at radius 1 is 1.05 bits per heavy atom. The molecular weight excluding hydrogens is 264 g/mol. The van der Waals surface area contributed by atoms with E-state index in [-0.39, 0.29) is 5.78 Å². The standard InChI is InChI=1S/C18H20O3/c1-3-17(19)16-6-4-5-7-18(16)21-15-10-8-14(9-11-15)12-13-20-2/h4-11H,3,12-13H2,1-2H3. The number of benzene rings is 2. The summed E-state index contributed by atoms with van der Waals surface area (Å²) in [7, 11) is 1.69. The van der Waals surface area contributed by atoms with Crippen LogP contribution in [0.4, 0.5) is 0 Å². The van der Waals surface area contributed by atoms with Gasteiger partial charge < -0.3 is 9.47 Å². The van der Waals surface area contributed by atoms with E-state index < -0.39 is 0 Å². The average Bonchev–Trinajstić information content (AvgIpc) is 2.54. The quantitative estimate of drug-likeness (QED) is 0.713. The van der Waals surface area contributed by atoms with Gasteiger partial charge in [0, 0.05) is 13.5 Å². The van der Waals surface area contributed by atoms with Crippen molar-refractivity contribution in [2.75, 3.05) is 13.7 Å². The van der Waals surface area contributed by atoms with Crippen LogP contribution in [0.15, 0.2) is 48.5 Å². The third-order valence-corrected chi connectivity index (χ3v) is 3.25. The first kappa shape index (κ1) is 15.3. The molecule has 0 amide bonds. The van der Waals surface area contributed by atoms with Crippen LogP contribution in [0.5, 0.6) is 11.5 Å². The Labute approximate surface area is 125 Å². The van der Waals surface area contributed by atoms with E-state index in [1.165, 1.54) is 5.56 Å². The third-order valence-electron chi connectivity index (χ3n) is 3.25. The molecule has 0 fully saturated rings. The van der Waals surface area contributed by atoms with Crippen molar-refractivity contribution in [1.29, 1.82) is 0 Å². The monoisotopic (exact) mass is 284 g/mol. The zero-order chi connectivity index (χ0) is 15.1. The molecule has 0 aromatic heterocycles. The van der Waals surface area contributed by atoms with Crippen LogP contribution >= 0.6 is 0 Å². The Bertz CT molecular complexity index is 588. The second-order valence-corrected chi connectivity index (χ2v) is 4.76. The van der Waals surface area contributed by atoms with Crippen molar-refractivity contribution < 1.29 is 14.3 Å². The molecule has 21 heavy (non-hydrogen) atoms. The zero-order valence-corrected chi connectivity index (χ0v) is 12.5. The summed E-state index contributed by atoms with van der Waals surface area (Å²) in [6.07, 6.45) is 1.35. The second-order valence-electron chi connectivity index (χ2n) is 4.76. The number of carbonyl (C=O) groups is 1. The third kappa shape index (κ3) is 4.17. The van der Waals surface area contributed by atoms with Gasteiger partial charge in [-0.05, 0) is 36.2 Å². The van der Waals surface area contributed by atoms with E-state index >= 15 is 0 Å². The van der Waals surface area contributed by atoms with Gasteiger partial charge in [0.2, 0.25) is 0 Å². The van der Waals surface area contributed by atoms with E-state index in [4.69, 9.17) is 9.47 Å². The first-order valence-electron chi connectivity index (χ1n) is 7.12. The van der Waals surface area contributed by atoms with E-state index in [1.54, 1.807) is 13.2 Å². The summed E-state index contributed by atoms with van der Waals surface area (Å²) < 4.78 is 10.9. The molecule has 0 atom stereocenters. The van der Waals surface area contributed by atoms with E-state index in [9.17, 15) is 4.79 Å². The van der Waals surface area contributed by atoms with Gasteiger partial charge in [-0.1, -0.05) is 31.2 Å². The van der Waals surface area contributed by atoms with Gasteiger partial charge in [0.15, 0.2) is 5.78 Å². The van der Waals surface area contributed by atoms with Crippen molar-refractivity contribution in [3.05, 3.63) is 59.7 Å². The van der Waals surface area contributed by atoms with Gasteiger partial charge >= 0.3 is 0 Å². The number of Topliss-reactive ketones (excluding diaryl/α,β-unsaturated/α-hetero) is 1. The fraction of sp³-hybridized carbons (Fsp3) is 0.278. The molecule has 0 saturated heterocycles. The summed E-state index contributed by atoms with van der Waals surface area (Å²) in [5.74, 6) is 1.42. The topological polar surface area (TPSA) is 35.5 Å². The number of ether oxygens (including phenoxy) is 2. The van der Waals surface area contributed by atoms with E-state index in [0.29, 0.717) is 24.3 Å². The highest BCUT2D eigenvalue weighted by atomic mass is 16.5. The molecule has 2 aromatic rings. The number of rotatable bonds is 7. The average molecular weight is 284 g/mol. The Morgan fingerprint density at radius 2 is 1.76 bits per heavy atom. The predicted octanol–water partition coefficient (Wildman–Crippen LogP) is 4.26. The molecule has 0 saturated carbocycles. The summed E-state index contributed by atoms with van der Waals surface area (Å²) in [5.41, 5.74) is 1.82. The molecule has 0 unspecified atom stereocenters. The van der Waals surface area contributed by atoms with E-state index in [2.05, 4.69) is 0 Å². The zero-order valence-electron chi connectivity index (χ0n) is 12.5. The van der Waals surface area contributed by atoms with Crippen LogP contribution in [0, 0.1) is 0 Å². The van der Waals surface area contributed by atoms with Gasteiger partial charge in [-0.15, -0.1) is 0 Å². The predicted molar refractivity (Wildman–Crippen MR) is 83.2 cm³/mol. The van der Waals surface area contributed by atoms with Gasteiger partial charge in [-0.25, -0.2) is 0 Å². The number of carbonyl (C=O) groups excluding carboxylic acids is 1. The molecule has 0 N–H and O–H groups in total. The van der Waals surface area contributed by atoms with Crippen LogP contribution in [0.3, 0.4) is 0 Å². The Hall–Kier alpha value is -2.13. The minimum atomic E-state index is 0.0855. The van der Waals surface area contributed by atoms with E-state index in [0.717, 1.165) is 12.2 Å². The molecule has 110 valence electrons. The van der Waals surface area contributed by atoms with Crippen LogP contribution in [-0.4, -0.2) is 19.5 Å². The Kier molecular flexibility index (Phi) is 5.52. The summed E-state index contributed by atoms with van der Waals surface area (Å²) in [6.45, 7) is 2.55. The van der Waals surface area contributed by atoms with Crippen LogP contribution in [0.1, 0.15) is 29.3 Å². The van der Waals surface area contributed by atoms with Crippen LogP contribution in [0.2, 0.25) is 0 Å². The lowest BCUT2D eigenvalue weighted by atomic mass is 10.1. The highest BCUT2D eigenvalue weighted by Crippen LogP contribution is 2.26. The first-order chi connectivity index (χ1) is 10.2. The summed E-state index contributed by atoms with van der Waals surface area (Å²) >= 11 is 0. The van der Waals surface area contributed by atoms with Crippen LogP contribution in [-0.2, 0) is 11.2 Å². The van der Waals surface area contributed by atoms with Crippen molar-refractivity contribution in [3.63, 3.8) is 0 Å². The van der Waals surface area contributed by atoms with Crippen molar-refractivity contribution in [1.82, 2.24) is 0 Å². The number of ketones is 1. The lowest BCUT2D eigenvalue weighted by Crippen LogP contribution is -2.00. The maximum absolute atomic E-state index is 11.9. The maximum Gasteiger partial charge on any atom is 0.166 e. The number of hydrogen-bond donors (Lipinski definition) is 0. The molecule has 0 spiro atoms. The fourth-order valence-corrected chi connectivity index (χ4v) is 2.05. The van der Waals surface area contributed by atoms with Crippen molar-refractivity contribution in [2.45, 2.75) is 19.8 Å². The smallest absolute Gasteiger partial charge is 0.166 e. The van der Waals surface area contributed by atoms with Gasteiger partial charge in [-0.2, -0.15) is 0 Å². The molecule has 2 rings (SSSR count). The highest BCUT2D eigenvalue weighted by Gasteiger charge is 2.10. The molecule has 0 aliphatic heterocycles. The molecule has 2 aromatic carbocycles. The minimum absolute atomic E-state index is 0.0855. The van der Waals surface area contributed by atoms with Gasteiger partial charge in [-0.3, -0.25) is 4.79 Å². The summed E-state index contributed by atoms with van der Waals surface area (Å²) in [4.78, 5) is 11.9. The Balaban J connectivity index is 2.13. The summed E-state index contributed by atoms with van der Waals surface area (Å²) in [5, 5.41) is 0. The van der Waals surface area contributed by atoms with Crippen LogP contribution < -0.4 is 4.74 Å². The van der Waals surface area contributed by atoms with E-state index in [1.807, 2.05) is 49.4 Å². The SMILES string of the molecule is CCC(=O)c1ccccc1Oc1ccc(CCOC)cc1. The highest BCUT2D eigenvalue weighted by molar-refractivity contribution is 5.98. The normalized spacial score (nSPS) is 10.4. The molecule has 0 aliphatic rings. The van der Waals surface area contributed by atoms with Crippen molar-refractivity contribution >= 4 is 5.78 Å². The first-order valence-corrected chi connectivity index (χ1v) is 7.12. The molecule has 0 bridgehead atoms. The molecule has 0 aliphatic carbocycles. The molecular formula is C18H20O3. The number of methoxy groups -OCH3 is 1. The lowest BCUT2D eigenvalue weighted by Gasteiger charge is -2.10. The van der Waals surface area contributed by atoms with Crippen molar-refractivity contribution in [3.8, 4) is 11.5 Å². The minimum Gasteiger partial charge on any atom is -0.457 e. The maximum atomic E-state index is 11.9. The van der Waals surface area contributed by atoms with Gasteiger partial charge in [0.1, 0.15) is 11.5 Å².